The number of fused-ring (bicyclic) bond motifs is 1. The predicted molar refractivity (Wildman–Crippen MR) is 69.1 cm³/mol. The van der Waals surface area contributed by atoms with Crippen LogP contribution in [0, 0.1) is 6.92 Å². The molecule has 1 heterocycles. The Morgan fingerprint density at radius 3 is 2.82 bits per heavy atom. The Kier molecular flexibility index (Phi) is 3.14. The molecule has 2 rings (SSSR count). The average Bonchev–Trinajstić information content (AvgIpc) is 2.29. The highest BCUT2D eigenvalue weighted by Gasteiger charge is 2.31. The minimum absolute atomic E-state index is 0.158. The van der Waals surface area contributed by atoms with Crippen molar-refractivity contribution in [1.82, 2.24) is 0 Å². The van der Waals surface area contributed by atoms with Gasteiger partial charge >= 0.3 is 0 Å². The van der Waals surface area contributed by atoms with Crippen molar-refractivity contribution in [2.45, 2.75) is 24.8 Å². The van der Waals surface area contributed by atoms with E-state index < -0.39 is 9.84 Å². The largest absolute Gasteiger partial charge is 0.365 e. The van der Waals surface area contributed by atoms with Crippen molar-refractivity contribution in [3.05, 3.63) is 23.8 Å². The topological polar surface area (TPSA) is 63.4 Å². The van der Waals surface area contributed by atoms with Gasteiger partial charge in [0.25, 0.3) is 0 Å². The number of hydrogen-bond donors (Lipinski definition) is 1. The fourth-order valence-electron chi connectivity index (χ4n) is 2.26. The number of benzene rings is 1. The van der Waals surface area contributed by atoms with Gasteiger partial charge in [-0.3, -0.25) is 0 Å². The summed E-state index contributed by atoms with van der Waals surface area (Å²) in [4.78, 5) is 2.55. The molecule has 0 aliphatic carbocycles. The van der Waals surface area contributed by atoms with Crippen molar-refractivity contribution in [2.24, 2.45) is 5.73 Å². The van der Waals surface area contributed by atoms with E-state index in [-0.39, 0.29) is 11.8 Å². The highest BCUT2D eigenvalue weighted by molar-refractivity contribution is 7.91. The van der Waals surface area contributed by atoms with Crippen molar-refractivity contribution in [1.29, 1.82) is 0 Å². The zero-order valence-electron chi connectivity index (χ0n) is 10.2. The molecule has 0 spiro atoms. The van der Waals surface area contributed by atoms with Crippen LogP contribution in [0.5, 0.6) is 0 Å². The molecule has 1 aromatic rings. The summed E-state index contributed by atoms with van der Waals surface area (Å²) in [6.45, 7) is 5.01. The zero-order valence-corrected chi connectivity index (χ0v) is 11.0. The molecule has 17 heavy (non-hydrogen) atoms. The van der Waals surface area contributed by atoms with Crippen LogP contribution in [0.1, 0.15) is 12.5 Å². The lowest BCUT2D eigenvalue weighted by Gasteiger charge is -2.36. The first-order valence-corrected chi connectivity index (χ1v) is 7.41. The molecule has 0 fully saturated rings. The van der Waals surface area contributed by atoms with E-state index in [1.165, 1.54) is 0 Å². The van der Waals surface area contributed by atoms with Crippen molar-refractivity contribution in [3.63, 3.8) is 0 Å². The fraction of sp³-hybridized carbons (Fsp3) is 0.500. The molecule has 0 amide bonds. The van der Waals surface area contributed by atoms with Crippen molar-refractivity contribution >= 4 is 15.5 Å². The van der Waals surface area contributed by atoms with Crippen LogP contribution in [0.15, 0.2) is 23.1 Å². The average molecular weight is 254 g/mol. The molecule has 1 unspecified atom stereocenters. The summed E-state index contributed by atoms with van der Waals surface area (Å²) in [5.41, 5.74) is 7.51. The molecule has 2 N–H and O–H groups in total. The van der Waals surface area contributed by atoms with E-state index >= 15 is 0 Å². The highest BCUT2D eigenvalue weighted by atomic mass is 32.2. The molecule has 0 saturated carbocycles. The van der Waals surface area contributed by atoms with E-state index in [2.05, 4.69) is 4.90 Å². The number of sulfone groups is 1. The second-order valence-electron chi connectivity index (χ2n) is 4.52. The van der Waals surface area contributed by atoms with Gasteiger partial charge in [-0.2, -0.15) is 0 Å². The van der Waals surface area contributed by atoms with Gasteiger partial charge in [-0.1, -0.05) is 12.1 Å². The molecule has 0 saturated heterocycles. The van der Waals surface area contributed by atoms with E-state index in [4.69, 9.17) is 5.73 Å². The SMILES string of the molecule is Cc1cccc2c1N(C(C)CN)CCS2(=O)=O. The third kappa shape index (κ3) is 2.05. The van der Waals surface area contributed by atoms with E-state index in [9.17, 15) is 8.42 Å². The van der Waals surface area contributed by atoms with Gasteiger partial charge in [0.2, 0.25) is 0 Å². The Hall–Kier alpha value is -1.07. The van der Waals surface area contributed by atoms with Crippen LogP contribution in [-0.2, 0) is 9.84 Å². The number of hydrogen-bond acceptors (Lipinski definition) is 4. The first-order valence-electron chi connectivity index (χ1n) is 5.76. The maximum atomic E-state index is 12.0. The minimum Gasteiger partial charge on any atom is -0.365 e. The van der Waals surface area contributed by atoms with Gasteiger partial charge in [-0.15, -0.1) is 0 Å². The third-order valence-electron chi connectivity index (χ3n) is 3.30. The molecule has 0 bridgehead atoms. The molecule has 0 radical (unpaired) electrons. The van der Waals surface area contributed by atoms with Gasteiger partial charge in [0.15, 0.2) is 9.84 Å². The number of para-hydroxylation sites is 1. The zero-order chi connectivity index (χ0) is 12.6. The molecule has 1 aromatic carbocycles. The van der Waals surface area contributed by atoms with Crippen molar-refractivity contribution in [3.8, 4) is 0 Å². The van der Waals surface area contributed by atoms with E-state index in [0.717, 1.165) is 11.3 Å². The van der Waals surface area contributed by atoms with Crippen LogP contribution in [0.2, 0.25) is 0 Å². The van der Waals surface area contributed by atoms with Gasteiger partial charge in [0, 0.05) is 19.1 Å². The summed E-state index contributed by atoms with van der Waals surface area (Å²) in [5, 5.41) is 0. The molecule has 5 heteroatoms. The summed E-state index contributed by atoms with van der Waals surface area (Å²) in [6, 6.07) is 5.58. The van der Waals surface area contributed by atoms with Crippen LogP contribution >= 0.6 is 0 Å². The van der Waals surface area contributed by atoms with Crippen molar-refractivity contribution in [2.75, 3.05) is 23.7 Å². The number of nitrogens with two attached hydrogens (primary N) is 1. The minimum atomic E-state index is -3.12. The fourth-order valence-corrected chi connectivity index (χ4v) is 3.78. The van der Waals surface area contributed by atoms with E-state index in [1.54, 1.807) is 12.1 Å². The van der Waals surface area contributed by atoms with E-state index in [1.807, 2.05) is 19.9 Å². The molecule has 1 aliphatic heterocycles. The lowest BCUT2D eigenvalue weighted by molar-refractivity contribution is 0.578. The van der Waals surface area contributed by atoms with Crippen LogP contribution in [-0.4, -0.2) is 33.3 Å². The van der Waals surface area contributed by atoms with Gasteiger partial charge in [-0.25, -0.2) is 8.42 Å². The second-order valence-corrected chi connectivity index (χ2v) is 6.60. The molecule has 94 valence electrons. The summed E-state index contributed by atoms with van der Waals surface area (Å²) in [5.74, 6) is 0.174. The monoisotopic (exact) mass is 254 g/mol. The molecular weight excluding hydrogens is 236 g/mol. The van der Waals surface area contributed by atoms with Crippen LogP contribution < -0.4 is 10.6 Å². The normalized spacial score (nSPS) is 19.8. The van der Waals surface area contributed by atoms with Gasteiger partial charge < -0.3 is 10.6 Å². The predicted octanol–water partition coefficient (Wildman–Crippen LogP) is 0.936. The molecular formula is C12H18N2O2S. The summed E-state index contributed by atoms with van der Waals surface area (Å²) < 4.78 is 24.0. The highest BCUT2D eigenvalue weighted by Crippen LogP contribution is 2.34. The van der Waals surface area contributed by atoms with Crippen LogP contribution in [0.3, 0.4) is 0 Å². The summed E-state index contributed by atoms with van der Waals surface area (Å²) in [7, 11) is -3.12. The number of rotatable bonds is 2. The Bertz CT molecular complexity index is 525. The molecule has 0 aromatic heterocycles. The number of nitrogens with zero attached hydrogens (tertiary/aromatic N) is 1. The quantitative estimate of drug-likeness (QED) is 0.853. The van der Waals surface area contributed by atoms with Gasteiger partial charge in [0.05, 0.1) is 16.3 Å². The third-order valence-corrected chi connectivity index (χ3v) is 5.02. The Balaban J connectivity index is 2.61. The Morgan fingerprint density at radius 1 is 1.47 bits per heavy atom. The number of aryl methyl sites for hydroxylation is 1. The molecule has 4 nitrogen and oxygen atoms in total. The summed E-state index contributed by atoms with van der Waals surface area (Å²) >= 11 is 0. The first-order chi connectivity index (χ1) is 7.97. The first kappa shape index (κ1) is 12.4. The standard InChI is InChI=1S/C12H18N2O2S/c1-9-4-3-5-11-12(9)14(10(2)8-13)6-7-17(11,15)16/h3-5,10H,6-8,13H2,1-2H3. The maximum absolute atomic E-state index is 12.0. The second kappa shape index (κ2) is 4.31. The smallest absolute Gasteiger partial charge is 0.182 e. The van der Waals surface area contributed by atoms with Crippen LogP contribution in [0.4, 0.5) is 5.69 Å². The van der Waals surface area contributed by atoms with Gasteiger partial charge in [-0.05, 0) is 25.5 Å². The summed E-state index contributed by atoms with van der Waals surface area (Å²) in [6.07, 6.45) is 0. The van der Waals surface area contributed by atoms with E-state index in [0.29, 0.717) is 18.0 Å². The van der Waals surface area contributed by atoms with Crippen LogP contribution in [0.25, 0.3) is 0 Å². The lowest BCUT2D eigenvalue weighted by Crippen LogP contribution is -2.45. The number of anilines is 1. The van der Waals surface area contributed by atoms with Gasteiger partial charge in [0.1, 0.15) is 0 Å². The Labute approximate surface area is 102 Å². The maximum Gasteiger partial charge on any atom is 0.182 e. The van der Waals surface area contributed by atoms with Crippen molar-refractivity contribution < 1.29 is 8.42 Å². The molecule has 1 aliphatic rings. The Morgan fingerprint density at radius 2 is 2.18 bits per heavy atom. The lowest BCUT2D eigenvalue weighted by atomic mass is 10.1. The molecule has 1 atom stereocenters.